The Hall–Kier alpha value is -1.09. The van der Waals surface area contributed by atoms with Crippen LogP contribution >= 0.6 is 0 Å². The minimum Gasteiger partial charge on any atom is -0.494 e. The van der Waals surface area contributed by atoms with Gasteiger partial charge in [0.2, 0.25) is 0 Å². The summed E-state index contributed by atoms with van der Waals surface area (Å²) in [6.07, 6.45) is 6.64. The Balaban J connectivity index is 1.91. The molecule has 1 aromatic carbocycles. The molecule has 1 fully saturated rings. The van der Waals surface area contributed by atoms with E-state index in [-0.39, 0.29) is 5.82 Å². The van der Waals surface area contributed by atoms with Crippen LogP contribution in [0.25, 0.3) is 0 Å². The van der Waals surface area contributed by atoms with Gasteiger partial charge in [0.15, 0.2) is 11.6 Å². The molecule has 1 N–H and O–H groups in total. The maximum atomic E-state index is 14.0. The van der Waals surface area contributed by atoms with Crippen LogP contribution in [0.5, 0.6) is 5.75 Å². The number of hydrogen-bond donors (Lipinski definition) is 1. The first kappa shape index (κ1) is 14.3. The van der Waals surface area contributed by atoms with E-state index in [2.05, 4.69) is 12.2 Å². The van der Waals surface area contributed by atoms with Gasteiger partial charge in [0.25, 0.3) is 0 Å². The van der Waals surface area contributed by atoms with Crippen LogP contribution in [0.4, 0.5) is 4.39 Å². The predicted octanol–water partition coefficient (Wildman–Crippen LogP) is 3.89. The third-order valence-electron chi connectivity index (χ3n) is 4.23. The van der Waals surface area contributed by atoms with E-state index in [1.807, 2.05) is 12.1 Å². The normalized spacial score (nSPS) is 18.3. The zero-order valence-corrected chi connectivity index (χ0v) is 11.9. The molecule has 0 heterocycles. The molecule has 2 nitrogen and oxygen atoms in total. The lowest BCUT2D eigenvalue weighted by Crippen LogP contribution is -2.34. The molecule has 3 heteroatoms. The van der Waals surface area contributed by atoms with Crippen LogP contribution < -0.4 is 10.1 Å². The highest BCUT2D eigenvalue weighted by Gasteiger charge is 2.20. The number of methoxy groups -OCH3 is 1. The van der Waals surface area contributed by atoms with Crippen molar-refractivity contribution in [2.24, 2.45) is 5.92 Å². The summed E-state index contributed by atoms with van der Waals surface area (Å²) in [4.78, 5) is 0. The van der Waals surface area contributed by atoms with Crippen LogP contribution in [-0.2, 0) is 6.54 Å². The van der Waals surface area contributed by atoms with Gasteiger partial charge in [-0.25, -0.2) is 4.39 Å². The van der Waals surface area contributed by atoms with Gasteiger partial charge >= 0.3 is 0 Å². The van der Waals surface area contributed by atoms with Crippen molar-refractivity contribution < 1.29 is 9.13 Å². The summed E-state index contributed by atoms with van der Waals surface area (Å²) in [5.74, 6) is 0.820. The van der Waals surface area contributed by atoms with E-state index in [1.165, 1.54) is 39.2 Å². The minimum atomic E-state index is -0.242. The number of nitrogens with one attached hydrogen (secondary N) is 1. The van der Waals surface area contributed by atoms with Crippen LogP contribution in [0.3, 0.4) is 0 Å². The maximum Gasteiger partial charge on any atom is 0.169 e. The molecule has 0 aromatic heterocycles. The van der Waals surface area contributed by atoms with Gasteiger partial charge in [-0.3, -0.25) is 0 Å². The fraction of sp³-hybridized carbons (Fsp3) is 0.625. The Morgan fingerprint density at radius 3 is 2.74 bits per heavy atom. The van der Waals surface area contributed by atoms with Crippen molar-refractivity contribution in [1.82, 2.24) is 5.32 Å². The van der Waals surface area contributed by atoms with Crippen molar-refractivity contribution in [3.63, 3.8) is 0 Å². The standard InChI is InChI=1S/C16H24FNO/c1-12(13-7-4-3-5-8-13)18-11-14-9-6-10-15(19-2)16(14)17/h6,9-10,12-13,18H,3-5,7-8,11H2,1-2H3/t12-/m0/s1. The third-order valence-corrected chi connectivity index (χ3v) is 4.23. The van der Waals surface area contributed by atoms with E-state index < -0.39 is 0 Å². The van der Waals surface area contributed by atoms with E-state index in [1.54, 1.807) is 6.07 Å². The van der Waals surface area contributed by atoms with Crippen molar-refractivity contribution >= 4 is 0 Å². The van der Waals surface area contributed by atoms with E-state index in [9.17, 15) is 4.39 Å². The SMILES string of the molecule is COc1cccc(CN[C@@H](C)C2CCCCC2)c1F. The lowest BCUT2D eigenvalue weighted by molar-refractivity contribution is 0.279. The molecule has 1 saturated carbocycles. The Morgan fingerprint density at radius 1 is 1.32 bits per heavy atom. The van der Waals surface area contributed by atoms with Crippen molar-refractivity contribution in [3.05, 3.63) is 29.6 Å². The second-order valence-electron chi connectivity index (χ2n) is 5.50. The molecule has 19 heavy (non-hydrogen) atoms. The lowest BCUT2D eigenvalue weighted by Gasteiger charge is -2.28. The summed E-state index contributed by atoms with van der Waals surface area (Å²) in [6.45, 7) is 2.79. The highest BCUT2D eigenvalue weighted by atomic mass is 19.1. The minimum absolute atomic E-state index is 0.242. The third kappa shape index (κ3) is 3.69. The average Bonchev–Trinajstić information content (AvgIpc) is 2.47. The van der Waals surface area contributed by atoms with Crippen LogP contribution in [-0.4, -0.2) is 13.2 Å². The average molecular weight is 265 g/mol. The van der Waals surface area contributed by atoms with E-state index in [0.717, 1.165) is 5.92 Å². The highest BCUT2D eigenvalue weighted by molar-refractivity contribution is 5.30. The summed E-state index contributed by atoms with van der Waals surface area (Å²) >= 11 is 0. The molecule has 1 aromatic rings. The van der Waals surface area contributed by atoms with Gasteiger partial charge < -0.3 is 10.1 Å². The Kier molecular flexibility index (Phi) is 5.20. The molecular weight excluding hydrogens is 241 g/mol. The molecule has 106 valence electrons. The zero-order valence-electron chi connectivity index (χ0n) is 11.9. The largest absolute Gasteiger partial charge is 0.494 e. The summed E-state index contributed by atoms with van der Waals surface area (Å²) in [5.41, 5.74) is 0.682. The number of hydrogen-bond acceptors (Lipinski definition) is 2. The van der Waals surface area contributed by atoms with Crippen LogP contribution in [0.15, 0.2) is 18.2 Å². The summed E-state index contributed by atoms with van der Waals surface area (Å²) < 4.78 is 19.0. The molecule has 2 rings (SSSR count). The first-order valence-corrected chi connectivity index (χ1v) is 7.27. The van der Waals surface area contributed by atoms with Crippen molar-refractivity contribution in [2.75, 3.05) is 7.11 Å². The highest BCUT2D eigenvalue weighted by Crippen LogP contribution is 2.27. The molecule has 0 radical (unpaired) electrons. The molecule has 1 aliphatic carbocycles. The smallest absolute Gasteiger partial charge is 0.169 e. The number of benzene rings is 1. The van der Waals surface area contributed by atoms with Gasteiger partial charge in [-0.2, -0.15) is 0 Å². The molecule has 0 aliphatic heterocycles. The summed E-state index contributed by atoms with van der Waals surface area (Å²) in [7, 11) is 1.50. The molecule has 0 bridgehead atoms. The van der Waals surface area contributed by atoms with Crippen molar-refractivity contribution in [3.8, 4) is 5.75 Å². The predicted molar refractivity (Wildman–Crippen MR) is 75.8 cm³/mol. The Bertz CT molecular complexity index is 402. The quantitative estimate of drug-likeness (QED) is 0.872. The molecule has 0 unspecified atom stereocenters. The molecule has 1 aliphatic rings. The van der Waals surface area contributed by atoms with Crippen LogP contribution in [0, 0.1) is 11.7 Å². The fourth-order valence-electron chi connectivity index (χ4n) is 2.92. The fourth-order valence-corrected chi connectivity index (χ4v) is 2.92. The van der Waals surface area contributed by atoms with Crippen LogP contribution in [0.2, 0.25) is 0 Å². The van der Waals surface area contributed by atoms with Gasteiger partial charge in [0, 0.05) is 18.2 Å². The monoisotopic (exact) mass is 265 g/mol. The second-order valence-corrected chi connectivity index (χ2v) is 5.50. The molecule has 0 saturated heterocycles. The second kappa shape index (κ2) is 6.90. The summed E-state index contributed by atoms with van der Waals surface area (Å²) in [5, 5.41) is 3.47. The number of rotatable bonds is 5. The Labute approximate surface area is 115 Å². The van der Waals surface area contributed by atoms with Gasteiger partial charge in [-0.15, -0.1) is 0 Å². The van der Waals surface area contributed by atoms with E-state index >= 15 is 0 Å². The van der Waals surface area contributed by atoms with E-state index in [0.29, 0.717) is 23.9 Å². The van der Waals surface area contributed by atoms with Gasteiger partial charge in [0.1, 0.15) is 0 Å². The van der Waals surface area contributed by atoms with Crippen molar-refractivity contribution in [2.45, 2.75) is 51.6 Å². The van der Waals surface area contributed by atoms with E-state index in [4.69, 9.17) is 4.74 Å². The molecule has 1 atom stereocenters. The summed E-state index contributed by atoms with van der Waals surface area (Å²) in [6, 6.07) is 5.76. The molecule has 0 amide bonds. The first-order valence-electron chi connectivity index (χ1n) is 7.27. The number of ether oxygens (including phenoxy) is 1. The van der Waals surface area contributed by atoms with Gasteiger partial charge in [-0.05, 0) is 31.7 Å². The van der Waals surface area contributed by atoms with Crippen LogP contribution in [0.1, 0.15) is 44.6 Å². The zero-order chi connectivity index (χ0) is 13.7. The Morgan fingerprint density at radius 2 is 2.05 bits per heavy atom. The molecule has 0 spiro atoms. The molecular formula is C16H24FNO. The van der Waals surface area contributed by atoms with Gasteiger partial charge in [0.05, 0.1) is 7.11 Å². The van der Waals surface area contributed by atoms with Crippen molar-refractivity contribution in [1.29, 1.82) is 0 Å². The first-order chi connectivity index (χ1) is 9.22. The maximum absolute atomic E-state index is 14.0. The topological polar surface area (TPSA) is 21.3 Å². The number of halogens is 1. The van der Waals surface area contributed by atoms with Gasteiger partial charge in [-0.1, -0.05) is 31.4 Å². The lowest BCUT2D eigenvalue weighted by atomic mass is 9.84.